The van der Waals surface area contributed by atoms with E-state index in [0.717, 1.165) is 11.8 Å². The summed E-state index contributed by atoms with van der Waals surface area (Å²) in [5.74, 6) is 3.78. The van der Waals surface area contributed by atoms with Crippen molar-refractivity contribution in [3.63, 3.8) is 0 Å². The molecular formula is C16H29BO2. The van der Waals surface area contributed by atoms with E-state index >= 15 is 0 Å². The first-order chi connectivity index (χ1) is 8.84. The van der Waals surface area contributed by atoms with Crippen molar-refractivity contribution in [2.75, 3.05) is 0 Å². The third-order valence-electron chi connectivity index (χ3n) is 5.21. The molecule has 0 radical (unpaired) electrons. The van der Waals surface area contributed by atoms with Crippen molar-refractivity contribution in [3.8, 4) is 0 Å². The standard InChI is InChI=1S/C16H29BO2/c1-6-13-8-7-9-14(12-13)10-11-17-18-15(2,3)16(4,5)19-17/h10-11,13-14H,6-9,12H2,1-5H3/b11-10+. The van der Waals surface area contributed by atoms with E-state index in [2.05, 4.69) is 46.7 Å². The van der Waals surface area contributed by atoms with Gasteiger partial charge in [0.15, 0.2) is 0 Å². The van der Waals surface area contributed by atoms with Crippen LogP contribution in [0.4, 0.5) is 0 Å². The SMILES string of the molecule is CCC1CCCC(/C=C/B2OC(C)(C)C(C)(C)O2)C1. The van der Waals surface area contributed by atoms with Crippen molar-refractivity contribution in [2.45, 2.75) is 77.9 Å². The lowest BCUT2D eigenvalue weighted by atomic mass is 9.78. The summed E-state index contributed by atoms with van der Waals surface area (Å²) in [5.41, 5.74) is -0.443. The molecule has 3 heteroatoms. The van der Waals surface area contributed by atoms with Crippen LogP contribution in [-0.2, 0) is 9.31 Å². The van der Waals surface area contributed by atoms with Crippen molar-refractivity contribution in [2.24, 2.45) is 11.8 Å². The zero-order valence-corrected chi connectivity index (χ0v) is 13.2. The summed E-state index contributed by atoms with van der Waals surface area (Å²) >= 11 is 0. The molecule has 108 valence electrons. The van der Waals surface area contributed by atoms with Crippen LogP contribution in [0.3, 0.4) is 0 Å². The fraction of sp³-hybridized carbons (Fsp3) is 0.875. The monoisotopic (exact) mass is 264 g/mol. The molecule has 2 unspecified atom stereocenters. The first-order valence-corrected chi connectivity index (χ1v) is 7.88. The molecule has 1 saturated heterocycles. The Labute approximate surface area is 119 Å². The molecule has 1 saturated carbocycles. The number of rotatable bonds is 3. The largest absolute Gasteiger partial charge is 0.486 e. The lowest BCUT2D eigenvalue weighted by Gasteiger charge is -2.32. The van der Waals surface area contributed by atoms with E-state index in [4.69, 9.17) is 9.31 Å². The average Bonchev–Trinajstić information content (AvgIpc) is 2.56. The fourth-order valence-corrected chi connectivity index (χ4v) is 3.09. The van der Waals surface area contributed by atoms with Crippen molar-refractivity contribution in [1.82, 2.24) is 0 Å². The molecule has 0 aromatic rings. The highest BCUT2D eigenvalue weighted by Gasteiger charge is 2.50. The summed E-state index contributed by atoms with van der Waals surface area (Å²) in [7, 11) is -0.174. The minimum atomic E-state index is -0.222. The molecule has 2 nitrogen and oxygen atoms in total. The smallest absolute Gasteiger partial charge is 0.400 e. The van der Waals surface area contributed by atoms with Gasteiger partial charge >= 0.3 is 7.12 Å². The quantitative estimate of drug-likeness (QED) is 0.704. The molecule has 0 amide bonds. The van der Waals surface area contributed by atoms with Crippen molar-refractivity contribution < 1.29 is 9.31 Å². The van der Waals surface area contributed by atoms with Gasteiger partial charge < -0.3 is 9.31 Å². The van der Waals surface area contributed by atoms with Gasteiger partial charge in [0.2, 0.25) is 0 Å². The van der Waals surface area contributed by atoms with Gasteiger partial charge in [-0.15, -0.1) is 0 Å². The van der Waals surface area contributed by atoms with Crippen molar-refractivity contribution in [3.05, 3.63) is 12.1 Å². The lowest BCUT2D eigenvalue weighted by Crippen LogP contribution is -2.41. The highest BCUT2D eigenvalue weighted by molar-refractivity contribution is 6.51. The molecule has 2 aliphatic rings. The second kappa shape index (κ2) is 5.61. The van der Waals surface area contributed by atoms with Crippen LogP contribution in [0.2, 0.25) is 0 Å². The molecule has 1 heterocycles. The Balaban J connectivity index is 1.90. The van der Waals surface area contributed by atoms with Crippen LogP contribution in [0.1, 0.15) is 66.7 Å². The summed E-state index contributed by atoms with van der Waals surface area (Å²) in [6, 6.07) is 0. The van der Waals surface area contributed by atoms with E-state index in [9.17, 15) is 0 Å². The minimum Gasteiger partial charge on any atom is -0.400 e. The Morgan fingerprint density at radius 3 is 2.32 bits per heavy atom. The van der Waals surface area contributed by atoms with E-state index < -0.39 is 0 Å². The zero-order valence-electron chi connectivity index (χ0n) is 13.2. The summed E-state index contributed by atoms with van der Waals surface area (Å²) in [4.78, 5) is 0. The van der Waals surface area contributed by atoms with Crippen molar-refractivity contribution >= 4 is 7.12 Å². The van der Waals surface area contributed by atoms with E-state index in [1.165, 1.54) is 32.1 Å². The molecule has 2 atom stereocenters. The second-order valence-electron chi connectivity index (χ2n) is 7.21. The number of hydrogen-bond acceptors (Lipinski definition) is 2. The zero-order chi connectivity index (χ0) is 14.1. The van der Waals surface area contributed by atoms with Gasteiger partial charge in [-0.05, 0) is 52.4 Å². The van der Waals surface area contributed by atoms with Crippen LogP contribution in [0.15, 0.2) is 12.1 Å². The Bertz CT molecular complexity index is 320. The molecule has 0 aromatic heterocycles. The molecular weight excluding hydrogens is 235 g/mol. The van der Waals surface area contributed by atoms with Crippen LogP contribution in [-0.4, -0.2) is 18.3 Å². The van der Waals surface area contributed by atoms with Gasteiger partial charge in [0.25, 0.3) is 0 Å². The molecule has 1 aliphatic carbocycles. The number of hydrogen-bond donors (Lipinski definition) is 0. The van der Waals surface area contributed by atoms with Crippen LogP contribution >= 0.6 is 0 Å². The predicted octanol–water partition coefficient (Wildman–Crippen LogP) is 4.39. The molecule has 1 aliphatic heterocycles. The van der Waals surface area contributed by atoms with Crippen LogP contribution in [0, 0.1) is 11.8 Å². The summed E-state index contributed by atoms with van der Waals surface area (Å²) in [5, 5.41) is 0. The first kappa shape index (κ1) is 15.1. The van der Waals surface area contributed by atoms with Gasteiger partial charge in [0.05, 0.1) is 11.2 Å². The molecule has 0 bridgehead atoms. The Kier molecular flexibility index (Phi) is 4.47. The van der Waals surface area contributed by atoms with E-state index in [0.29, 0.717) is 0 Å². The fourth-order valence-electron chi connectivity index (χ4n) is 3.09. The minimum absolute atomic E-state index is 0.174. The van der Waals surface area contributed by atoms with Gasteiger partial charge in [-0.2, -0.15) is 0 Å². The molecule has 0 aromatic carbocycles. The average molecular weight is 264 g/mol. The van der Waals surface area contributed by atoms with Gasteiger partial charge in [-0.3, -0.25) is 0 Å². The maximum Gasteiger partial charge on any atom is 0.486 e. The molecule has 0 spiro atoms. The molecule has 2 fully saturated rings. The van der Waals surface area contributed by atoms with E-state index in [-0.39, 0.29) is 18.3 Å². The molecule has 19 heavy (non-hydrogen) atoms. The van der Waals surface area contributed by atoms with Gasteiger partial charge in [0.1, 0.15) is 0 Å². The summed E-state index contributed by atoms with van der Waals surface area (Å²) < 4.78 is 12.0. The highest BCUT2D eigenvalue weighted by atomic mass is 16.7. The van der Waals surface area contributed by atoms with Gasteiger partial charge in [0, 0.05) is 0 Å². The van der Waals surface area contributed by atoms with E-state index in [1.54, 1.807) is 0 Å². The van der Waals surface area contributed by atoms with E-state index in [1.807, 2.05) is 0 Å². The number of allylic oxidation sites excluding steroid dienone is 1. The molecule has 0 N–H and O–H groups in total. The molecule has 2 rings (SSSR count). The predicted molar refractivity (Wildman–Crippen MR) is 81.0 cm³/mol. The maximum absolute atomic E-state index is 6.00. The lowest BCUT2D eigenvalue weighted by molar-refractivity contribution is 0.00578. The Morgan fingerprint density at radius 2 is 1.74 bits per heavy atom. The summed E-state index contributed by atoms with van der Waals surface area (Å²) in [6.45, 7) is 10.7. The third kappa shape index (κ3) is 3.43. The highest BCUT2D eigenvalue weighted by Crippen LogP contribution is 2.37. The van der Waals surface area contributed by atoms with Crippen LogP contribution in [0.5, 0.6) is 0 Å². The Morgan fingerprint density at radius 1 is 1.11 bits per heavy atom. The first-order valence-electron chi connectivity index (χ1n) is 7.88. The Hall–Kier alpha value is -0.275. The van der Waals surface area contributed by atoms with Crippen molar-refractivity contribution in [1.29, 1.82) is 0 Å². The second-order valence-corrected chi connectivity index (χ2v) is 7.21. The maximum atomic E-state index is 6.00. The topological polar surface area (TPSA) is 18.5 Å². The summed E-state index contributed by atoms with van der Waals surface area (Å²) in [6.07, 6.45) is 9.11. The normalized spacial score (nSPS) is 34.1. The van der Waals surface area contributed by atoms with Crippen LogP contribution < -0.4 is 0 Å². The van der Waals surface area contributed by atoms with Crippen LogP contribution in [0.25, 0.3) is 0 Å². The van der Waals surface area contributed by atoms with Gasteiger partial charge in [-0.1, -0.05) is 38.2 Å². The third-order valence-corrected chi connectivity index (χ3v) is 5.21. The van der Waals surface area contributed by atoms with Gasteiger partial charge in [-0.25, -0.2) is 0 Å².